The standard InChI is InChI=1S/C22H26N2O5/c1-4-29-20-11-15(20)10-19(25)16-9-18(21(26)23-2)22(27)24(13-16)12-14-6-5-7-17(8-14)28-3/h5-9,13,15,20H,4,10-12H2,1-3H3,(H,23,26). The summed E-state index contributed by atoms with van der Waals surface area (Å²) in [5.41, 5.74) is 0.700. The van der Waals surface area contributed by atoms with Gasteiger partial charge >= 0.3 is 0 Å². The maximum absolute atomic E-state index is 12.8. The Morgan fingerprint density at radius 2 is 2.07 bits per heavy atom. The normalized spacial score (nSPS) is 17.6. The molecule has 1 aromatic heterocycles. The first-order chi connectivity index (χ1) is 14.0. The van der Waals surface area contributed by atoms with E-state index in [0.717, 1.165) is 12.0 Å². The van der Waals surface area contributed by atoms with Gasteiger partial charge in [-0.15, -0.1) is 0 Å². The first kappa shape index (κ1) is 20.8. The van der Waals surface area contributed by atoms with Gasteiger partial charge in [-0.2, -0.15) is 0 Å². The molecule has 0 spiro atoms. The smallest absolute Gasteiger partial charge is 0.263 e. The number of ether oxygens (including phenoxy) is 2. The average Bonchev–Trinajstić information content (AvgIpc) is 3.46. The Labute approximate surface area is 169 Å². The van der Waals surface area contributed by atoms with Crippen LogP contribution in [0.15, 0.2) is 41.3 Å². The van der Waals surface area contributed by atoms with Crippen LogP contribution in [0.5, 0.6) is 5.75 Å². The van der Waals surface area contributed by atoms with Gasteiger partial charge in [-0.1, -0.05) is 12.1 Å². The second-order valence-electron chi connectivity index (χ2n) is 7.12. The largest absolute Gasteiger partial charge is 0.497 e. The van der Waals surface area contributed by atoms with Crippen LogP contribution in [0.4, 0.5) is 0 Å². The van der Waals surface area contributed by atoms with E-state index in [0.29, 0.717) is 24.3 Å². The molecule has 0 radical (unpaired) electrons. The van der Waals surface area contributed by atoms with Gasteiger partial charge in [0.05, 0.1) is 19.8 Å². The monoisotopic (exact) mass is 398 g/mol. The number of rotatable bonds is 9. The zero-order chi connectivity index (χ0) is 21.0. The molecule has 1 fully saturated rings. The lowest BCUT2D eigenvalue weighted by molar-refractivity contribution is 0.0931. The molecule has 0 aliphatic heterocycles. The first-order valence-corrected chi connectivity index (χ1v) is 9.71. The molecule has 29 heavy (non-hydrogen) atoms. The van der Waals surface area contributed by atoms with Crippen LogP contribution >= 0.6 is 0 Å². The number of Topliss-reactive ketones (excluding diaryl/α,β-unsaturated/α-hetero) is 1. The lowest BCUT2D eigenvalue weighted by Gasteiger charge is -2.12. The SMILES string of the molecule is CCOC1CC1CC(=O)c1cc(C(=O)NC)c(=O)n(Cc2cccc(OC)c2)c1. The van der Waals surface area contributed by atoms with Crippen molar-refractivity contribution in [3.05, 3.63) is 63.6 Å². The molecule has 2 aromatic rings. The van der Waals surface area contributed by atoms with Crippen molar-refractivity contribution in [2.45, 2.75) is 32.4 Å². The van der Waals surface area contributed by atoms with Crippen LogP contribution in [0.25, 0.3) is 0 Å². The van der Waals surface area contributed by atoms with Crippen molar-refractivity contribution in [3.8, 4) is 5.75 Å². The molecule has 7 nitrogen and oxygen atoms in total. The Morgan fingerprint density at radius 1 is 1.28 bits per heavy atom. The average molecular weight is 398 g/mol. The van der Waals surface area contributed by atoms with Crippen molar-refractivity contribution < 1.29 is 19.1 Å². The van der Waals surface area contributed by atoms with Gasteiger partial charge in [0.25, 0.3) is 11.5 Å². The third kappa shape index (κ3) is 4.92. The highest BCUT2D eigenvalue weighted by Gasteiger charge is 2.39. The number of methoxy groups -OCH3 is 1. The molecule has 3 rings (SSSR count). The van der Waals surface area contributed by atoms with Crippen molar-refractivity contribution in [3.63, 3.8) is 0 Å². The molecule has 2 atom stereocenters. The van der Waals surface area contributed by atoms with Gasteiger partial charge in [0.2, 0.25) is 0 Å². The number of hydrogen-bond acceptors (Lipinski definition) is 5. The van der Waals surface area contributed by atoms with Crippen molar-refractivity contribution >= 4 is 11.7 Å². The molecule has 1 saturated carbocycles. The molecule has 0 saturated heterocycles. The fourth-order valence-corrected chi connectivity index (χ4v) is 3.38. The van der Waals surface area contributed by atoms with E-state index in [1.807, 2.05) is 31.2 Å². The molecule has 1 heterocycles. The maximum Gasteiger partial charge on any atom is 0.263 e. The second kappa shape index (κ2) is 9.05. The molecule has 2 unspecified atom stereocenters. The number of carbonyl (C=O) groups excluding carboxylic acids is 2. The van der Waals surface area contributed by atoms with E-state index in [9.17, 15) is 14.4 Å². The number of hydrogen-bond donors (Lipinski definition) is 1. The van der Waals surface area contributed by atoms with Gasteiger partial charge in [0, 0.05) is 31.8 Å². The highest BCUT2D eigenvalue weighted by Crippen LogP contribution is 2.37. The number of nitrogens with one attached hydrogen (secondary N) is 1. The number of pyridine rings is 1. The summed E-state index contributed by atoms with van der Waals surface area (Å²) in [5.74, 6) is 0.263. The number of nitrogens with zero attached hydrogens (tertiary/aromatic N) is 1. The minimum Gasteiger partial charge on any atom is -0.497 e. The Bertz CT molecular complexity index is 966. The van der Waals surface area contributed by atoms with Gasteiger partial charge in [-0.05, 0) is 43.0 Å². The Balaban J connectivity index is 1.90. The third-order valence-electron chi connectivity index (χ3n) is 5.05. The van der Waals surface area contributed by atoms with Crippen LogP contribution in [0.3, 0.4) is 0 Å². The van der Waals surface area contributed by atoms with Gasteiger partial charge in [-0.3, -0.25) is 14.4 Å². The summed E-state index contributed by atoms with van der Waals surface area (Å²) in [7, 11) is 3.03. The molecular formula is C22H26N2O5. The summed E-state index contributed by atoms with van der Waals surface area (Å²) in [6.07, 6.45) is 2.87. The predicted octanol–water partition coefficient (Wildman–Crippen LogP) is 2.26. The van der Waals surface area contributed by atoms with Crippen LogP contribution in [-0.2, 0) is 11.3 Å². The highest BCUT2D eigenvalue weighted by molar-refractivity contribution is 6.00. The van der Waals surface area contributed by atoms with E-state index >= 15 is 0 Å². The number of benzene rings is 1. The molecular weight excluding hydrogens is 372 g/mol. The van der Waals surface area contributed by atoms with Gasteiger partial charge in [0.1, 0.15) is 11.3 Å². The van der Waals surface area contributed by atoms with E-state index in [-0.39, 0.29) is 29.9 Å². The molecule has 1 N–H and O–H groups in total. The van der Waals surface area contributed by atoms with Crippen molar-refractivity contribution in [2.24, 2.45) is 5.92 Å². The van der Waals surface area contributed by atoms with Crippen LogP contribution in [0.1, 0.15) is 46.0 Å². The number of ketones is 1. The fourth-order valence-electron chi connectivity index (χ4n) is 3.38. The van der Waals surface area contributed by atoms with Crippen LogP contribution in [0, 0.1) is 5.92 Å². The molecule has 1 aliphatic rings. The first-order valence-electron chi connectivity index (χ1n) is 9.71. The minimum atomic E-state index is -0.511. The van der Waals surface area contributed by atoms with E-state index in [1.54, 1.807) is 7.11 Å². The zero-order valence-electron chi connectivity index (χ0n) is 16.9. The Kier molecular flexibility index (Phi) is 6.49. The van der Waals surface area contributed by atoms with E-state index in [1.165, 1.54) is 23.9 Å². The van der Waals surface area contributed by atoms with Crippen molar-refractivity contribution in [1.82, 2.24) is 9.88 Å². The molecule has 7 heteroatoms. The molecule has 1 aliphatic carbocycles. The van der Waals surface area contributed by atoms with Crippen LogP contribution in [-0.4, -0.2) is 43.1 Å². The van der Waals surface area contributed by atoms with Gasteiger partial charge in [0.15, 0.2) is 5.78 Å². The number of amides is 1. The quantitative estimate of drug-likeness (QED) is 0.655. The summed E-state index contributed by atoms with van der Waals surface area (Å²) in [4.78, 5) is 37.8. The molecule has 1 amide bonds. The summed E-state index contributed by atoms with van der Waals surface area (Å²) in [6, 6.07) is 8.71. The van der Waals surface area contributed by atoms with E-state index < -0.39 is 11.5 Å². The van der Waals surface area contributed by atoms with E-state index in [4.69, 9.17) is 9.47 Å². The Morgan fingerprint density at radius 3 is 2.76 bits per heavy atom. The van der Waals surface area contributed by atoms with Gasteiger partial charge < -0.3 is 19.4 Å². The highest BCUT2D eigenvalue weighted by atomic mass is 16.5. The maximum atomic E-state index is 12.8. The van der Waals surface area contributed by atoms with Crippen molar-refractivity contribution in [1.29, 1.82) is 0 Å². The summed E-state index contributed by atoms with van der Waals surface area (Å²) in [6.45, 7) is 2.79. The lowest BCUT2D eigenvalue weighted by atomic mass is 10.0. The second-order valence-corrected chi connectivity index (χ2v) is 7.12. The van der Waals surface area contributed by atoms with E-state index in [2.05, 4.69) is 5.32 Å². The van der Waals surface area contributed by atoms with Crippen LogP contribution in [0.2, 0.25) is 0 Å². The number of carbonyl (C=O) groups is 2. The van der Waals surface area contributed by atoms with Gasteiger partial charge in [-0.25, -0.2) is 0 Å². The topological polar surface area (TPSA) is 86.6 Å². The fraction of sp³-hybridized carbons (Fsp3) is 0.409. The molecule has 154 valence electrons. The summed E-state index contributed by atoms with van der Waals surface area (Å²) >= 11 is 0. The lowest BCUT2D eigenvalue weighted by Crippen LogP contribution is -2.32. The van der Waals surface area contributed by atoms with Crippen LogP contribution < -0.4 is 15.6 Å². The zero-order valence-corrected chi connectivity index (χ0v) is 16.9. The van der Waals surface area contributed by atoms with Crippen molar-refractivity contribution in [2.75, 3.05) is 20.8 Å². The third-order valence-corrected chi connectivity index (χ3v) is 5.05. The summed E-state index contributed by atoms with van der Waals surface area (Å²) < 4.78 is 12.2. The predicted molar refractivity (Wildman–Crippen MR) is 109 cm³/mol. The minimum absolute atomic E-state index is 0.0431. The summed E-state index contributed by atoms with van der Waals surface area (Å²) in [5, 5.41) is 2.47. The molecule has 1 aromatic carbocycles. The Hall–Kier alpha value is -2.93. The number of aromatic nitrogens is 1. The molecule has 0 bridgehead atoms.